The lowest BCUT2D eigenvalue weighted by molar-refractivity contribution is 0.583. The Morgan fingerprint density at radius 2 is 2.04 bits per heavy atom. The highest BCUT2D eigenvalue weighted by molar-refractivity contribution is 7.84. The Morgan fingerprint density at radius 1 is 1.26 bits per heavy atom. The van der Waals surface area contributed by atoms with E-state index in [1.807, 2.05) is 0 Å². The molecular weight excluding hydrogens is 325 g/mol. The molecule has 0 radical (unpaired) electrons. The Bertz CT molecular complexity index is 945. The van der Waals surface area contributed by atoms with Crippen molar-refractivity contribution in [3.63, 3.8) is 0 Å². The fourth-order valence-electron chi connectivity index (χ4n) is 2.01. The van der Waals surface area contributed by atoms with Gasteiger partial charge in [0.25, 0.3) is 0 Å². The minimum Gasteiger partial charge on any atom is -0.306 e. The Morgan fingerprint density at radius 3 is 2.70 bits per heavy atom. The standard InChI is InChI=1S/C12H12FN7O2S/c1-18-10(14-15-11(18)23(2)22)7-19-12(21)20(17-16-19)9-5-3-4-8(13)6-9/h3-6H,7H2,1-2H3. The first-order valence-electron chi connectivity index (χ1n) is 6.48. The van der Waals surface area contributed by atoms with E-state index in [0.717, 1.165) is 9.36 Å². The predicted molar refractivity (Wildman–Crippen MR) is 78.0 cm³/mol. The van der Waals surface area contributed by atoms with Crippen molar-refractivity contribution in [2.45, 2.75) is 11.7 Å². The van der Waals surface area contributed by atoms with E-state index in [1.165, 1.54) is 29.0 Å². The molecule has 23 heavy (non-hydrogen) atoms. The van der Waals surface area contributed by atoms with Crippen molar-refractivity contribution in [2.24, 2.45) is 7.05 Å². The van der Waals surface area contributed by atoms with Crippen molar-refractivity contribution in [2.75, 3.05) is 6.26 Å². The van der Waals surface area contributed by atoms with Crippen molar-refractivity contribution >= 4 is 10.8 Å². The van der Waals surface area contributed by atoms with Crippen LogP contribution in [0.25, 0.3) is 5.69 Å². The number of nitrogens with zero attached hydrogens (tertiary/aromatic N) is 7. The SMILES string of the molecule is Cn1c(Cn2nnn(-c3cccc(F)c3)c2=O)nnc1S(C)=O. The largest absolute Gasteiger partial charge is 0.368 e. The first-order valence-corrected chi connectivity index (χ1v) is 8.03. The zero-order valence-electron chi connectivity index (χ0n) is 12.2. The number of benzene rings is 1. The summed E-state index contributed by atoms with van der Waals surface area (Å²) in [6.07, 6.45) is 1.49. The van der Waals surface area contributed by atoms with Crippen LogP contribution in [0.5, 0.6) is 0 Å². The summed E-state index contributed by atoms with van der Waals surface area (Å²) in [5, 5.41) is 15.5. The van der Waals surface area contributed by atoms with Gasteiger partial charge in [-0.3, -0.25) is 4.21 Å². The summed E-state index contributed by atoms with van der Waals surface area (Å²) < 4.78 is 28.3. The summed E-state index contributed by atoms with van der Waals surface area (Å²) in [7, 11) is 0.356. The number of tetrazole rings is 1. The van der Waals surface area contributed by atoms with E-state index in [9.17, 15) is 13.4 Å². The van der Waals surface area contributed by atoms with E-state index >= 15 is 0 Å². The van der Waals surface area contributed by atoms with Crippen LogP contribution in [0.1, 0.15) is 5.82 Å². The van der Waals surface area contributed by atoms with Crippen LogP contribution in [-0.2, 0) is 24.4 Å². The molecule has 0 aliphatic heterocycles. The van der Waals surface area contributed by atoms with Gasteiger partial charge in [-0.15, -0.1) is 10.2 Å². The van der Waals surface area contributed by atoms with Gasteiger partial charge in [0.05, 0.1) is 16.5 Å². The Hall–Kier alpha value is -2.69. The van der Waals surface area contributed by atoms with Gasteiger partial charge in [-0.2, -0.15) is 9.36 Å². The molecule has 0 saturated heterocycles. The van der Waals surface area contributed by atoms with Gasteiger partial charge in [-0.25, -0.2) is 9.18 Å². The molecule has 0 bridgehead atoms. The first kappa shape index (κ1) is 15.2. The molecule has 0 amide bonds. The average Bonchev–Trinajstić information content (AvgIpc) is 3.04. The first-order chi connectivity index (χ1) is 11.0. The molecule has 1 unspecified atom stereocenters. The third-order valence-electron chi connectivity index (χ3n) is 3.17. The summed E-state index contributed by atoms with van der Waals surface area (Å²) in [6, 6.07) is 5.47. The van der Waals surface area contributed by atoms with E-state index in [-0.39, 0.29) is 12.2 Å². The lowest BCUT2D eigenvalue weighted by Gasteiger charge is -2.01. The predicted octanol–water partition coefficient (Wildman–Crippen LogP) is -0.518. The van der Waals surface area contributed by atoms with E-state index in [0.29, 0.717) is 11.0 Å². The highest BCUT2D eigenvalue weighted by Crippen LogP contribution is 2.06. The van der Waals surface area contributed by atoms with Gasteiger partial charge in [0.15, 0.2) is 5.82 Å². The van der Waals surface area contributed by atoms with Gasteiger partial charge in [0.1, 0.15) is 12.4 Å². The summed E-state index contributed by atoms with van der Waals surface area (Å²) in [4.78, 5) is 12.3. The van der Waals surface area contributed by atoms with Crippen LogP contribution in [0.4, 0.5) is 4.39 Å². The van der Waals surface area contributed by atoms with Crippen LogP contribution < -0.4 is 5.69 Å². The van der Waals surface area contributed by atoms with Crippen LogP contribution in [0, 0.1) is 5.82 Å². The molecule has 1 aromatic carbocycles. The Balaban J connectivity index is 1.94. The molecule has 3 aromatic rings. The second kappa shape index (κ2) is 5.83. The summed E-state index contributed by atoms with van der Waals surface area (Å²) in [6.45, 7) is 0.00878. The normalized spacial score (nSPS) is 12.5. The Labute approximate surface area is 131 Å². The topological polar surface area (TPSA) is 100 Å². The molecule has 0 aliphatic rings. The fraction of sp³-hybridized carbons (Fsp3) is 0.250. The van der Waals surface area contributed by atoms with Crippen LogP contribution in [-0.4, -0.2) is 45.0 Å². The third-order valence-corrected chi connectivity index (χ3v) is 4.04. The molecular formula is C12H12FN7O2S. The van der Waals surface area contributed by atoms with Crippen LogP contribution in [0.3, 0.4) is 0 Å². The van der Waals surface area contributed by atoms with Crippen molar-refractivity contribution in [1.82, 2.24) is 34.6 Å². The molecule has 1 atom stereocenters. The number of aromatic nitrogens is 7. The summed E-state index contributed by atoms with van der Waals surface area (Å²) >= 11 is 0. The maximum absolute atomic E-state index is 13.2. The van der Waals surface area contributed by atoms with Gasteiger partial charge >= 0.3 is 5.69 Å². The molecule has 0 spiro atoms. The summed E-state index contributed by atoms with van der Waals surface area (Å²) in [5.41, 5.74) is -0.271. The number of rotatable bonds is 4. The second-order valence-corrected chi connectivity index (χ2v) is 6.00. The van der Waals surface area contributed by atoms with Crippen LogP contribution in [0.15, 0.2) is 34.2 Å². The van der Waals surface area contributed by atoms with E-state index < -0.39 is 22.3 Å². The molecule has 0 aliphatic carbocycles. The molecule has 2 aromatic heterocycles. The highest BCUT2D eigenvalue weighted by Gasteiger charge is 2.15. The number of halogens is 1. The molecule has 9 nitrogen and oxygen atoms in total. The highest BCUT2D eigenvalue weighted by atomic mass is 32.2. The van der Waals surface area contributed by atoms with Gasteiger partial charge < -0.3 is 4.57 Å². The third kappa shape index (κ3) is 2.82. The smallest absolute Gasteiger partial charge is 0.306 e. The van der Waals surface area contributed by atoms with Crippen molar-refractivity contribution < 1.29 is 8.60 Å². The molecule has 11 heteroatoms. The monoisotopic (exact) mass is 337 g/mol. The number of hydrogen-bond donors (Lipinski definition) is 0. The molecule has 0 fully saturated rings. The van der Waals surface area contributed by atoms with E-state index in [1.54, 1.807) is 13.1 Å². The lowest BCUT2D eigenvalue weighted by Crippen LogP contribution is -2.25. The van der Waals surface area contributed by atoms with Crippen molar-refractivity contribution in [3.05, 3.63) is 46.4 Å². The Kier molecular flexibility index (Phi) is 3.86. The van der Waals surface area contributed by atoms with Crippen molar-refractivity contribution in [1.29, 1.82) is 0 Å². The zero-order valence-corrected chi connectivity index (χ0v) is 13.1. The van der Waals surface area contributed by atoms with Crippen LogP contribution in [0.2, 0.25) is 0 Å². The van der Waals surface area contributed by atoms with Crippen molar-refractivity contribution in [3.8, 4) is 5.69 Å². The number of hydrogen-bond acceptors (Lipinski definition) is 6. The van der Waals surface area contributed by atoms with Gasteiger partial charge in [-0.05, 0) is 28.6 Å². The average molecular weight is 337 g/mol. The second-order valence-electron chi connectivity index (χ2n) is 4.72. The minimum atomic E-state index is -1.29. The van der Waals surface area contributed by atoms with Gasteiger partial charge in [0.2, 0.25) is 5.16 Å². The quantitative estimate of drug-likeness (QED) is 0.635. The molecule has 3 rings (SSSR count). The maximum Gasteiger partial charge on any atom is 0.368 e. The summed E-state index contributed by atoms with van der Waals surface area (Å²) in [5.74, 6) is -0.0732. The van der Waals surface area contributed by atoms with E-state index in [4.69, 9.17) is 0 Å². The van der Waals surface area contributed by atoms with Gasteiger partial charge in [-0.1, -0.05) is 6.07 Å². The van der Waals surface area contributed by atoms with Gasteiger partial charge in [0, 0.05) is 13.3 Å². The fourth-order valence-corrected chi connectivity index (χ4v) is 2.66. The molecule has 2 heterocycles. The minimum absolute atomic E-state index is 0.00878. The lowest BCUT2D eigenvalue weighted by atomic mass is 10.3. The maximum atomic E-state index is 13.2. The van der Waals surface area contributed by atoms with Crippen LogP contribution >= 0.6 is 0 Å². The molecule has 0 saturated carbocycles. The molecule has 120 valence electrons. The zero-order chi connectivity index (χ0) is 16.6. The molecule has 0 N–H and O–H groups in total. The van der Waals surface area contributed by atoms with E-state index in [2.05, 4.69) is 20.6 Å².